The van der Waals surface area contributed by atoms with E-state index in [2.05, 4.69) is 43.6 Å². The molecule has 1 unspecified atom stereocenters. The van der Waals surface area contributed by atoms with E-state index in [-0.39, 0.29) is 35.3 Å². The van der Waals surface area contributed by atoms with E-state index in [0.717, 1.165) is 5.56 Å². The molecule has 0 amide bonds. The molecule has 4 heterocycles. The van der Waals surface area contributed by atoms with Crippen LogP contribution in [0.4, 0.5) is 15.9 Å². The smallest absolute Gasteiger partial charge is 0.270 e. The lowest BCUT2D eigenvalue weighted by Gasteiger charge is -2.47. The van der Waals surface area contributed by atoms with E-state index < -0.39 is 0 Å². The van der Waals surface area contributed by atoms with Crippen LogP contribution in [0.3, 0.4) is 0 Å². The van der Waals surface area contributed by atoms with E-state index in [1.54, 1.807) is 48.9 Å². The molecule has 0 saturated carbocycles. The zero-order valence-corrected chi connectivity index (χ0v) is 20.5. The first-order valence-electron chi connectivity index (χ1n) is 11.7. The third-order valence-electron chi connectivity index (χ3n) is 6.81. The molecule has 36 heavy (non-hydrogen) atoms. The molecule has 4 aromatic rings. The summed E-state index contributed by atoms with van der Waals surface area (Å²) in [5.41, 5.74) is 2.74. The highest BCUT2D eigenvalue weighted by molar-refractivity contribution is 5.89. The molecule has 0 spiro atoms. The van der Waals surface area contributed by atoms with Crippen molar-refractivity contribution in [3.8, 4) is 0 Å². The van der Waals surface area contributed by atoms with Gasteiger partial charge in [0.1, 0.15) is 11.9 Å². The standard InChI is InChI=1S/C26H26FN7O2/c1-15-14-34(25(26-29-17(3)31-36-26)18-6-8-19(27)9-7-18)16(2)13-33(15)21-12-23(35)32(5)20-10-11-22(28-4)30-24(20)21/h6-12,15-16,25H,13-14H2,1-3,5H3/t15-,16+,25?/m0/s1. The van der Waals surface area contributed by atoms with Crippen molar-refractivity contribution in [2.45, 2.75) is 38.9 Å². The van der Waals surface area contributed by atoms with Crippen LogP contribution in [-0.4, -0.2) is 49.8 Å². The molecule has 5 rings (SSSR count). The summed E-state index contributed by atoms with van der Waals surface area (Å²) in [6.45, 7) is 14.5. The lowest BCUT2D eigenvalue weighted by Crippen LogP contribution is -2.57. The lowest BCUT2D eigenvalue weighted by molar-refractivity contribution is 0.110. The highest BCUT2D eigenvalue weighted by Crippen LogP contribution is 2.35. The number of pyridine rings is 2. The molecule has 3 atom stereocenters. The van der Waals surface area contributed by atoms with Gasteiger partial charge in [0.25, 0.3) is 11.4 Å². The number of benzene rings is 1. The largest absolute Gasteiger partial charge is 0.362 e. The van der Waals surface area contributed by atoms with Crippen molar-refractivity contribution < 1.29 is 8.91 Å². The van der Waals surface area contributed by atoms with Crippen LogP contribution >= 0.6 is 0 Å². The topological polar surface area (TPSA) is 84.7 Å². The maximum absolute atomic E-state index is 13.7. The quantitative estimate of drug-likeness (QED) is 0.402. The number of hydrogen-bond acceptors (Lipinski definition) is 7. The van der Waals surface area contributed by atoms with Gasteiger partial charge in [-0.3, -0.25) is 9.69 Å². The number of aromatic nitrogens is 4. The van der Waals surface area contributed by atoms with E-state index in [1.165, 1.54) is 12.1 Å². The Kier molecular flexibility index (Phi) is 6.02. The van der Waals surface area contributed by atoms with Crippen molar-refractivity contribution in [3.63, 3.8) is 0 Å². The first-order chi connectivity index (χ1) is 17.3. The Bertz CT molecular complexity index is 1520. The predicted molar refractivity (Wildman–Crippen MR) is 133 cm³/mol. The molecule has 1 aliphatic rings. The van der Waals surface area contributed by atoms with Gasteiger partial charge >= 0.3 is 0 Å². The Morgan fingerprint density at radius 1 is 1.11 bits per heavy atom. The van der Waals surface area contributed by atoms with Gasteiger partial charge in [-0.1, -0.05) is 23.9 Å². The molecular formula is C26H26FN7O2. The van der Waals surface area contributed by atoms with Crippen molar-refractivity contribution in [1.82, 2.24) is 24.6 Å². The van der Waals surface area contributed by atoms with Gasteiger partial charge in [-0.15, -0.1) is 4.98 Å². The fourth-order valence-corrected chi connectivity index (χ4v) is 4.98. The Hall–Kier alpha value is -4.10. The predicted octanol–water partition coefficient (Wildman–Crippen LogP) is 4.00. The number of nitrogens with zero attached hydrogens (tertiary/aromatic N) is 7. The Morgan fingerprint density at radius 2 is 1.86 bits per heavy atom. The minimum absolute atomic E-state index is 0.00612. The summed E-state index contributed by atoms with van der Waals surface area (Å²) in [5, 5.41) is 3.98. The van der Waals surface area contributed by atoms with Crippen LogP contribution in [-0.2, 0) is 7.05 Å². The fraction of sp³-hybridized carbons (Fsp3) is 0.346. The lowest BCUT2D eigenvalue weighted by atomic mass is 9.98. The van der Waals surface area contributed by atoms with Crippen molar-refractivity contribution >= 4 is 22.5 Å². The van der Waals surface area contributed by atoms with Crippen LogP contribution in [0.25, 0.3) is 15.9 Å². The summed E-state index contributed by atoms with van der Waals surface area (Å²) in [4.78, 5) is 29.8. The van der Waals surface area contributed by atoms with Gasteiger partial charge in [-0.25, -0.2) is 4.39 Å². The molecule has 0 N–H and O–H groups in total. The number of piperazine rings is 1. The molecule has 1 saturated heterocycles. The average molecular weight is 488 g/mol. The van der Waals surface area contributed by atoms with E-state index >= 15 is 0 Å². The van der Waals surface area contributed by atoms with Gasteiger partial charge in [-0.05, 0) is 50.6 Å². The fourth-order valence-electron chi connectivity index (χ4n) is 4.98. The first-order valence-corrected chi connectivity index (χ1v) is 11.7. The van der Waals surface area contributed by atoms with E-state index in [1.807, 2.05) is 0 Å². The molecule has 1 fully saturated rings. The zero-order chi connectivity index (χ0) is 25.6. The second-order valence-electron chi connectivity index (χ2n) is 9.26. The van der Waals surface area contributed by atoms with Gasteiger partial charge < -0.3 is 18.8 Å². The maximum atomic E-state index is 13.7. The number of fused-ring (bicyclic) bond motifs is 1. The maximum Gasteiger partial charge on any atom is 0.270 e. The number of halogens is 1. The summed E-state index contributed by atoms with van der Waals surface area (Å²) in [5.74, 6) is 0.956. The monoisotopic (exact) mass is 487 g/mol. The van der Waals surface area contributed by atoms with Gasteiger partial charge in [0, 0.05) is 38.3 Å². The molecule has 0 bridgehead atoms. The van der Waals surface area contributed by atoms with Crippen molar-refractivity contribution in [3.05, 3.63) is 87.3 Å². The SMILES string of the molecule is [C-]#[N+]c1ccc2c(n1)c(N1C[C@@H](C)N(C(c3ccc(F)cc3)c3nc(C)no3)C[C@@H]1C)cc(=O)n2C. The molecule has 10 heteroatoms. The Labute approximate surface area is 207 Å². The normalized spacial score (nSPS) is 19.4. The van der Waals surface area contributed by atoms with Crippen LogP contribution in [0.1, 0.15) is 37.2 Å². The summed E-state index contributed by atoms with van der Waals surface area (Å²) < 4.78 is 20.8. The highest BCUT2D eigenvalue weighted by atomic mass is 19.1. The van der Waals surface area contributed by atoms with E-state index in [0.29, 0.717) is 41.5 Å². The third kappa shape index (κ3) is 4.12. The van der Waals surface area contributed by atoms with Crippen LogP contribution in [0, 0.1) is 19.3 Å². The van der Waals surface area contributed by atoms with Gasteiger partial charge in [-0.2, -0.15) is 4.98 Å². The molecule has 0 radical (unpaired) electrons. The minimum atomic E-state index is -0.348. The Balaban J connectivity index is 1.55. The van der Waals surface area contributed by atoms with Crippen LogP contribution < -0.4 is 10.5 Å². The highest BCUT2D eigenvalue weighted by Gasteiger charge is 2.38. The van der Waals surface area contributed by atoms with Crippen molar-refractivity contribution in [2.24, 2.45) is 7.05 Å². The van der Waals surface area contributed by atoms with Crippen LogP contribution in [0.15, 0.2) is 51.8 Å². The zero-order valence-electron chi connectivity index (χ0n) is 20.5. The molecule has 0 aliphatic carbocycles. The van der Waals surface area contributed by atoms with E-state index in [9.17, 15) is 9.18 Å². The van der Waals surface area contributed by atoms with Crippen molar-refractivity contribution in [2.75, 3.05) is 18.0 Å². The van der Waals surface area contributed by atoms with Gasteiger partial charge in [0.05, 0.1) is 11.2 Å². The average Bonchev–Trinajstić information content (AvgIpc) is 3.30. The molecule has 184 valence electrons. The van der Waals surface area contributed by atoms with Crippen molar-refractivity contribution in [1.29, 1.82) is 0 Å². The summed E-state index contributed by atoms with van der Waals surface area (Å²) >= 11 is 0. The van der Waals surface area contributed by atoms with E-state index in [4.69, 9.17) is 11.1 Å². The summed E-state index contributed by atoms with van der Waals surface area (Å²) in [6, 6.07) is 11.0. The number of rotatable bonds is 4. The molecule has 1 aromatic carbocycles. The summed E-state index contributed by atoms with van der Waals surface area (Å²) in [7, 11) is 1.71. The number of anilines is 1. The number of aryl methyl sites for hydroxylation is 2. The second-order valence-corrected chi connectivity index (χ2v) is 9.26. The molecular weight excluding hydrogens is 461 g/mol. The molecule has 1 aliphatic heterocycles. The summed E-state index contributed by atoms with van der Waals surface area (Å²) in [6.07, 6.45) is 0. The number of hydrogen-bond donors (Lipinski definition) is 0. The first kappa shape index (κ1) is 23.6. The van der Waals surface area contributed by atoms with Gasteiger partial charge in [0.2, 0.25) is 11.4 Å². The molecule has 9 nitrogen and oxygen atoms in total. The van der Waals surface area contributed by atoms with Crippen LogP contribution in [0.5, 0.6) is 0 Å². The Morgan fingerprint density at radius 3 is 2.53 bits per heavy atom. The second kappa shape index (κ2) is 9.17. The third-order valence-corrected chi connectivity index (χ3v) is 6.81. The molecule has 3 aromatic heterocycles. The van der Waals surface area contributed by atoms with Crippen LogP contribution in [0.2, 0.25) is 0 Å². The van der Waals surface area contributed by atoms with Gasteiger partial charge in [0.15, 0.2) is 5.82 Å². The minimum Gasteiger partial charge on any atom is -0.362 e.